The highest BCUT2D eigenvalue weighted by Gasteiger charge is 2.21. The molecular formula is C25H26N4O. The van der Waals surface area contributed by atoms with Crippen LogP contribution >= 0.6 is 0 Å². The number of hydrogen-bond acceptors (Lipinski definition) is 3. The van der Waals surface area contributed by atoms with E-state index in [4.69, 9.17) is 15.9 Å². The zero-order chi connectivity index (χ0) is 20.7. The van der Waals surface area contributed by atoms with Gasteiger partial charge in [-0.1, -0.05) is 48.5 Å². The van der Waals surface area contributed by atoms with Gasteiger partial charge in [0, 0.05) is 22.3 Å². The molecule has 3 aromatic rings. The summed E-state index contributed by atoms with van der Waals surface area (Å²) in [5, 5.41) is 0. The maximum atomic E-state index is 6.21. The number of aryl methyl sites for hydroxylation is 1. The Morgan fingerprint density at radius 3 is 1.70 bits per heavy atom. The van der Waals surface area contributed by atoms with Gasteiger partial charge in [-0.3, -0.25) is 9.98 Å². The summed E-state index contributed by atoms with van der Waals surface area (Å²) in [4.78, 5) is 9.03. The SMILES string of the molecule is Cc1cc(-c2ccc(C(N)=NC3CC3)cc2)oc1-c1ccc(C(N)=NC2CC2)cc1. The first kappa shape index (κ1) is 18.7. The van der Waals surface area contributed by atoms with Crippen molar-refractivity contribution in [1.82, 2.24) is 0 Å². The lowest BCUT2D eigenvalue weighted by atomic mass is 10.1. The van der Waals surface area contributed by atoms with Gasteiger partial charge in [0.05, 0.1) is 12.1 Å². The highest BCUT2D eigenvalue weighted by molar-refractivity contribution is 5.98. The molecule has 0 saturated heterocycles. The largest absolute Gasteiger partial charge is 0.456 e. The monoisotopic (exact) mass is 398 g/mol. The first-order chi connectivity index (χ1) is 14.6. The van der Waals surface area contributed by atoms with E-state index < -0.39 is 0 Å². The van der Waals surface area contributed by atoms with Crippen LogP contribution in [0.3, 0.4) is 0 Å². The van der Waals surface area contributed by atoms with E-state index in [1.54, 1.807) is 0 Å². The molecule has 2 aliphatic rings. The Kier molecular flexibility index (Phi) is 4.66. The third kappa shape index (κ3) is 4.01. The quantitative estimate of drug-likeness (QED) is 0.467. The summed E-state index contributed by atoms with van der Waals surface area (Å²) in [5.74, 6) is 2.94. The summed E-state index contributed by atoms with van der Waals surface area (Å²) < 4.78 is 6.21. The Bertz CT molecular complexity index is 1110. The molecule has 5 heteroatoms. The molecule has 30 heavy (non-hydrogen) atoms. The molecule has 2 fully saturated rings. The molecule has 0 atom stereocenters. The second-order valence-electron chi connectivity index (χ2n) is 8.27. The lowest BCUT2D eigenvalue weighted by Crippen LogP contribution is -2.13. The van der Waals surface area contributed by atoms with Crippen molar-refractivity contribution in [2.75, 3.05) is 0 Å². The van der Waals surface area contributed by atoms with E-state index in [1.807, 2.05) is 48.5 Å². The second kappa shape index (κ2) is 7.48. The van der Waals surface area contributed by atoms with Gasteiger partial charge in [0.1, 0.15) is 23.2 Å². The Balaban J connectivity index is 1.36. The normalized spacial score (nSPS) is 17.4. The van der Waals surface area contributed by atoms with Gasteiger partial charge < -0.3 is 15.9 Å². The van der Waals surface area contributed by atoms with Gasteiger partial charge in [-0.05, 0) is 44.2 Å². The third-order valence-electron chi connectivity index (χ3n) is 5.56. The number of hydrogen-bond donors (Lipinski definition) is 2. The fourth-order valence-electron chi connectivity index (χ4n) is 3.46. The van der Waals surface area contributed by atoms with Gasteiger partial charge in [0.25, 0.3) is 0 Å². The van der Waals surface area contributed by atoms with Crippen LogP contribution in [0.25, 0.3) is 22.6 Å². The summed E-state index contributed by atoms with van der Waals surface area (Å²) in [6.45, 7) is 2.06. The molecule has 2 aromatic carbocycles. The Morgan fingerprint density at radius 2 is 1.23 bits per heavy atom. The van der Waals surface area contributed by atoms with Crippen LogP contribution in [-0.2, 0) is 0 Å². The van der Waals surface area contributed by atoms with Crippen LogP contribution in [0.15, 0.2) is 69.0 Å². The summed E-state index contributed by atoms with van der Waals surface area (Å²) in [6, 6.07) is 19.1. The van der Waals surface area contributed by atoms with E-state index in [9.17, 15) is 0 Å². The highest BCUT2D eigenvalue weighted by Crippen LogP contribution is 2.33. The van der Waals surface area contributed by atoms with Crippen molar-refractivity contribution in [1.29, 1.82) is 0 Å². The fraction of sp³-hybridized carbons (Fsp3) is 0.280. The zero-order valence-corrected chi connectivity index (χ0v) is 17.1. The standard InChI is InChI=1S/C25H26N4O/c1-15-14-22(16-2-6-18(7-3-16)24(26)28-20-10-11-20)30-23(15)17-4-8-19(9-5-17)25(27)29-21-12-13-21/h2-9,14,20-21H,10-13H2,1H3,(H2,26,28)(H2,27,29). The molecule has 2 saturated carbocycles. The van der Waals surface area contributed by atoms with Gasteiger partial charge >= 0.3 is 0 Å². The zero-order valence-electron chi connectivity index (χ0n) is 17.1. The molecule has 1 heterocycles. The van der Waals surface area contributed by atoms with Crippen molar-refractivity contribution in [3.8, 4) is 22.6 Å². The first-order valence-corrected chi connectivity index (χ1v) is 10.6. The van der Waals surface area contributed by atoms with Crippen molar-refractivity contribution >= 4 is 11.7 Å². The minimum absolute atomic E-state index is 0.418. The van der Waals surface area contributed by atoms with Gasteiger partial charge in [-0.2, -0.15) is 0 Å². The van der Waals surface area contributed by atoms with Crippen LogP contribution in [0, 0.1) is 6.92 Å². The van der Waals surface area contributed by atoms with E-state index in [1.165, 1.54) is 0 Å². The maximum Gasteiger partial charge on any atom is 0.137 e. The molecule has 5 rings (SSSR count). The van der Waals surface area contributed by atoms with Crippen LogP contribution in [0.4, 0.5) is 0 Å². The van der Waals surface area contributed by atoms with E-state index in [0.29, 0.717) is 23.8 Å². The van der Waals surface area contributed by atoms with Crippen LogP contribution in [0.5, 0.6) is 0 Å². The molecule has 1 aromatic heterocycles. The molecule has 0 bridgehead atoms. The Hall–Kier alpha value is -3.34. The summed E-state index contributed by atoms with van der Waals surface area (Å²) in [5.41, 5.74) is 17.3. The van der Waals surface area contributed by atoms with Crippen molar-refractivity contribution in [2.45, 2.75) is 44.7 Å². The second-order valence-corrected chi connectivity index (χ2v) is 8.27. The number of benzene rings is 2. The molecule has 0 unspecified atom stereocenters. The van der Waals surface area contributed by atoms with E-state index >= 15 is 0 Å². The van der Waals surface area contributed by atoms with Crippen molar-refractivity contribution < 1.29 is 4.42 Å². The molecule has 0 aliphatic heterocycles. The summed E-state index contributed by atoms with van der Waals surface area (Å²) >= 11 is 0. The fourth-order valence-corrected chi connectivity index (χ4v) is 3.46. The average molecular weight is 399 g/mol. The van der Waals surface area contributed by atoms with Crippen LogP contribution in [0.2, 0.25) is 0 Å². The number of aliphatic imine (C=N–C) groups is 2. The molecular weight excluding hydrogens is 372 g/mol. The molecule has 0 radical (unpaired) electrons. The topological polar surface area (TPSA) is 89.9 Å². The van der Waals surface area contributed by atoms with Crippen molar-refractivity contribution in [3.63, 3.8) is 0 Å². The minimum atomic E-state index is 0.418. The molecule has 0 amide bonds. The Morgan fingerprint density at radius 1 is 0.767 bits per heavy atom. The Labute approximate surface area is 176 Å². The van der Waals surface area contributed by atoms with Gasteiger partial charge in [-0.25, -0.2) is 0 Å². The average Bonchev–Trinajstić information content (AvgIpc) is 3.69. The van der Waals surface area contributed by atoms with Gasteiger partial charge in [-0.15, -0.1) is 0 Å². The predicted octanol–water partition coefficient (Wildman–Crippen LogP) is 4.66. The number of rotatable bonds is 6. The first-order valence-electron chi connectivity index (χ1n) is 10.6. The van der Waals surface area contributed by atoms with Crippen molar-refractivity contribution in [3.05, 3.63) is 71.3 Å². The van der Waals surface area contributed by atoms with Crippen LogP contribution in [0.1, 0.15) is 42.4 Å². The van der Waals surface area contributed by atoms with E-state index in [0.717, 1.165) is 65.0 Å². The highest BCUT2D eigenvalue weighted by atomic mass is 16.3. The lowest BCUT2D eigenvalue weighted by molar-refractivity contribution is 0.595. The van der Waals surface area contributed by atoms with Crippen LogP contribution < -0.4 is 11.5 Å². The third-order valence-corrected chi connectivity index (χ3v) is 5.56. The molecule has 4 N–H and O–H groups in total. The lowest BCUT2D eigenvalue weighted by Gasteiger charge is -2.04. The summed E-state index contributed by atoms with van der Waals surface area (Å²) in [6.07, 6.45) is 4.59. The van der Waals surface area contributed by atoms with Gasteiger partial charge in [0.2, 0.25) is 0 Å². The van der Waals surface area contributed by atoms with E-state index in [-0.39, 0.29) is 0 Å². The number of nitrogens with zero attached hydrogens (tertiary/aromatic N) is 2. The molecule has 5 nitrogen and oxygen atoms in total. The van der Waals surface area contributed by atoms with Gasteiger partial charge in [0.15, 0.2) is 0 Å². The molecule has 152 valence electrons. The smallest absolute Gasteiger partial charge is 0.137 e. The number of nitrogens with two attached hydrogens (primary N) is 2. The number of furan rings is 1. The summed E-state index contributed by atoms with van der Waals surface area (Å²) in [7, 11) is 0. The molecule has 0 spiro atoms. The van der Waals surface area contributed by atoms with E-state index in [2.05, 4.69) is 23.0 Å². The number of amidine groups is 2. The predicted molar refractivity (Wildman–Crippen MR) is 122 cm³/mol. The minimum Gasteiger partial charge on any atom is -0.456 e. The van der Waals surface area contributed by atoms with Crippen LogP contribution in [-0.4, -0.2) is 23.8 Å². The van der Waals surface area contributed by atoms with Crippen molar-refractivity contribution in [2.24, 2.45) is 21.5 Å². The molecule has 2 aliphatic carbocycles. The maximum absolute atomic E-state index is 6.21.